The zero-order valence-electron chi connectivity index (χ0n) is 26.7. The molecule has 2 aromatic heterocycles. The van der Waals surface area contributed by atoms with E-state index >= 15 is 0 Å². The first-order valence-electron chi connectivity index (χ1n) is 16.4. The van der Waals surface area contributed by atoms with Gasteiger partial charge in [0.1, 0.15) is 0 Å². The molecule has 0 aliphatic heterocycles. The van der Waals surface area contributed by atoms with Crippen LogP contribution in [0, 0.1) is 0 Å². The van der Waals surface area contributed by atoms with Crippen molar-refractivity contribution < 1.29 is 0 Å². The third kappa shape index (κ3) is 4.73. The van der Waals surface area contributed by atoms with Gasteiger partial charge in [-0.25, -0.2) is 4.79 Å². The lowest BCUT2D eigenvalue weighted by Crippen LogP contribution is -2.22. The summed E-state index contributed by atoms with van der Waals surface area (Å²) in [5.74, 6) is 0. The van der Waals surface area contributed by atoms with Crippen LogP contribution in [-0.2, 0) is 0 Å². The van der Waals surface area contributed by atoms with Gasteiger partial charge >= 0.3 is 5.69 Å². The quantitative estimate of drug-likeness (QED) is 0.180. The van der Waals surface area contributed by atoms with Crippen molar-refractivity contribution in [2.45, 2.75) is 0 Å². The molecule has 232 valence electrons. The number of para-hydroxylation sites is 4. The summed E-state index contributed by atoms with van der Waals surface area (Å²) in [5, 5.41) is 2.45. The summed E-state index contributed by atoms with van der Waals surface area (Å²) in [4.78, 5) is 14.3. The van der Waals surface area contributed by atoms with Gasteiger partial charge in [-0.3, -0.25) is 9.13 Å². The molecule has 0 amide bonds. The molecule has 0 fully saturated rings. The lowest BCUT2D eigenvalue weighted by molar-refractivity contribution is 0.931. The van der Waals surface area contributed by atoms with E-state index in [1.165, 1.54) is 10.8 Å². The van der Waals surface area contributed by atoms with Crippen molar-refractivity contribution in [2.24, 2.45) is 0 Å². The van der Waals surface area contributed by atoms with Gasteiger partial charge in [-0.2, -0.15) is 0 Å². The van der Waals surface area contributed by atoms with Crippen molar-refractivity contribution in [3.63, 3.8) is 0 Å². The van der Waals surface area contributed by atoms with E-state index in [-0.39, 0.29) is 5.69 Å². The molecular weight excluding hydrogens is 599 g/mol. The van der Waals surface area contributed by atoms with Crippen molar-refractivity contribution in [1.82, 2.24) is 13.7 Å². The van der Waals surface area contributed by atoms with Gasteiger partial charge in [0.05, 0.1) is 33.4 Å². The van der Waals surface area contributed by atoms with Crippen molar-refractivity contribution in [3.05, 3.63) is 192 Å². The highest BCUT2D eigenvalue weighted by atomic mass is 16.1. The van der Waals surface area contributed by atoms with Gasteiger partial charge in [0.25, 0.3) is 0 Å². The van der Waals surface area contributed by atoms with Crippen LogP contribution in [0.5, 0.6) is 0 Å². The van der Waals surface area contributed by atoms with Crippen LogP contribution in [0.2, 0.25) is 0 Å². The van der Waals surface area contributed by atoms with Crippen LogP contribution in [0.1, 0.15) is 5.56 Å². The molecule has 0 unspecified atom stereocenters. The number of imidazole rings is 1. The molecule has 0 saturated heterocycles. The highest BCUT2D eigenvalue weighted by Gasteiger charge is 2.17. The summed E-state index contributed by atoms with van der Waals surface area (Å²) in [6.07, 6.45) is 1.90. The fourth-order valence-corrected chi connectivity index (χ4v) is 7.15. The molecule has 4 nitrogen and oxygen atoms in total. The first-order valence-corrected chi connectivity index (χ1v) is 16.4. The van der Waals surface area contributed by atoms with Crippen LogP contribution < -0.4 is 5.69 Å². The minimum absolute atomic E-state index is 0.110. The fourth-order valence-electron chi connectivity index (χ4n) is 7.15. The second kappa shape index (κ2) is 11.5. The Morgan fingerprint density at radius 2 is 0.918 bits per heavy atom. The highest BCUT2D eigenvalue weighted by Crippen LogP contribution is 2.34. The Morgan fingerprint density at radius 1 is 0.388 bits per heavy atom. The van der Waals surface area contributed by atoms with E-state index in [1.54, 1.807) is 9.13 Å². The van der Waals surface area contributed by atoms with Gasteiger partial charge in [-0.05, 0) is 94.5 Å². The zero-order chi connectivity index (χ0) is 32.9. The Morgan fingerprint density at radius 3 is 1.57 bits per heavy atom. The lowest BCUT2D eigenvalue weighted by Gasteiger charge is -2.13. The van der Waals surface area contributed by atoms with Gasteiger partial charge in [0.2, 0.25) is 0 Å². The first kappa shape index (κ1) is 28.6. The molecular formula is C45H31N3O. The summed E-state index contributed by atoms with van der Waals surface area (Å²) in [7, 11) is 0. The number of hydrogen-bond acceptors (Lipinski definition) is 1. The summed E-state index contributed by atoms with van der Waals surface area (Å²) in [6, 6.07) is 58.3. The Labute approximate surface area is 283 Å². The van der Waals surface area contributed by atoms with Crippen LogP contribution in [0.3, 0.4) is 0 Å². The van der Waals surface area contributed by atoms with Gasteiger partial charge in [0.15, 0.2) is 0 Å². The summed E-state index contributed by atoms with van der Waals surface area (Å²) in [5.41, 5.74) is 12.0. The van der Waals surface area contributed by atoms with E-state index in [0.29, 0.717) is 0 Å². The molecule has 9 rings (SSSR count). The smallest absolute Gasteiger partial charge is 0.309 e. The highest BCUT2D eigenvalue weighted by molar-refractivity contribution is 6.09. The molecule has 0 spiro atoms. The third-order valence-corrected chi connectivity index (χ3v) is 9.43. The molecule has 4 heteroatoms. The number of nitrogens with zero attached hydrogens (tertiary/aromatic N) is 3. The molecule has 0 radical (unpaired) electrons. The molecule has 0 aliphatic carbocycles. The zero-order valence-corrected chi connectivity index (χ0v) is 26.7. The standard InChI is InChI=1S/C45H31N3O/c1-2-31-27-35(30-38(28-31)46-41-19-8-6-17-39(41)40-18-7-9-20-42(40)46)33-23-25-36(26-24-33)47-43-21-10-11-22-44(43)48(45(47)49)37-16-12-15-34(29-37)32-13-4-3-5-14-32/h2-30H,1H2. The van der Waals surface area contributed by atoms with Gasteiger partial charge in [-0.15, -0.1) is 0 Å². The topological polar surface area (TPSA) is 31.9 Å². The minimum atomic E-state index is -0.110. The predicted molar refractivity (Wildman–Crippen MR) is 204 cm³/mol. The molecule has 0 N–H and O–H groups in total. The van der Waals surface area contributed by atoms with Crippen LogP contribution in [0.15, 0.2) is 181 Å². The van der Waals surface area contributed by atoms with E-state index in [1.807, 2.05) is 72.8 Å². The number of rotatable bonds is 6. The molecule has 0 bridgehead atoms. The van der Waals surface area contributed by atoms with Gasteiger partial charge < -0.3 is 4.57 Å². The lowest BCUT2D eigenvalue weighted by atomic mass is 10.0. The van der Waals surface area contributed by atoms with Crippen molar-refractivity contribution in [3.8, 4) is 39.3 Å². The van der Waals surface area contributed by atoms with E-state index in [9.17, 15) is 4.79 Å². The largest absolute Gasteiger partial charge is 0.338 e. The average Bonchev–Trinajstić information content (AvgIpc) is 3.66. The van der Waals surface area contributed by atoms with Crippen molar-refractivity contribution in [2.75, 3.05) is 0 Å². The van der Waals surface area contributed by atoms with Crippen LogP contribution in [-0.4, -0.2) is 13.7 Å². The van der Waals surface area contributed by atoms with E-state index in [4.69, 9.17) is 0 Å². The summed E-state index contributed by atoms with van der Waals surface area (Å²) >= 11 is 0. The van der Waals surface area contributed by atoms with Crippen molar-refractivity contribution >= 4 is 38.9 Å². The number of benzene rings is 7. The molecule has 2 heterocycles. The number of aromatic nitrogens is 3. The van der Waals surface area contributed by atoms with Gasteiger partial charge in [-0.1, -0.05) is 116 Å². The van der Waals surface area contributed by atoms with Crippen LogP contribution >= 0.6 is 0 Å². The van der Waals surface area contributed by atoms with Crippen molar-refractivity contribution in [1.29, 1.82) is 0 Å². The minimum Gasteiger partial charge on any atom is -0.309 e. The van der Waals surface area contributed by atoms with E-state index in [2.05, 4.69) is 114 Å². The van der Waals surface area contributed by atoms with Crippen LogP contribution in [0.4, 0.5) is 0 Å². The summed E-state index contributed by atoms with van der Waals surface area (Å²) in [6.45, 7) is 4.11. The summed E-state index contributed by atoms with van der Waals surface area (Å²) < 4.78 is 5.94. The Balaban J connectivity index is 1.15. The number of hydrogen-bond donors (Lipinski definition) is 0. The second-order valence-electron chi connectivity index (χ2n) is 12.3. The molecule has 0 saturated carbocycles. The molecule has 0 aliphatic rings. The Kier molecular flexibility index (Phi) is 6.73. The maximum Gasteiger partial charge on any atom is 0.338 e. The fraction of sp³-hybridized carbons (Fsp3) is 0. The maximum atomic E-state index is 14.3. The van der Waals surface area contributed by atoms with Gasteiger partial charge in [0, 0.05) is 16.5 Å². The average molecular weight is 630 g/mol. The second-order valence-corrected chi connectivity index (χ2v) is 12.3. The third-order valence-electron chi connectivity index (χ3n) is 9.43. The molecule has 49 heavy (non-hydrogen) atoms. The molecule has 9 aromatic rings. The number of fused-ring (bicyclic) bond motifs is 4. The monoisotopic (exact) mass is 629 g/mol. The Hall–Kier alpha value is -6.65. The predicted octanol–water partition coefficient (Wildman–Crippen LogP) is 10.9. The normalized spacial score (nSPS) is 11.4. The van der Waals surface area contributed by atoms with E-state index in [0.717, 1.165) is 66.9 Å². The van der Waals surface area contributed by atoms with Crippen LogP contribution in [0.25, 0.3) is 78.2 Å². The Bertz CT molecular complexity index is 2690. The molecule has 7 aromatic carbocycles. The van der Waals surface area contributed by atoms with E-state index < -0.39 is 0 Å². The first-order chi connectivity index (χ1) is 24.2. The maximum absolute atomic E-state index is 14.3. The SMILES string of the molecule is C=Cc1cc(-c2ccc(-n3c(=O)n(-c4cccc(-c5ccccc5)c4)c4ccccc43)cc2)cc(-n2c3ccccc3c3ccccc32)c1. The molecule has 0 atom stereocenters.